The summed E-state index contributed by atoms with van der Waals surface area (Å²) in [5, 5.41) is 12.0. The molecule has 1 fully saturated rings. The minimum absolute atomic E-state index is 0.0128. The molecule has 0 radical (unpaired) electrons. The van der Waals surface area contributed by atoms with E-state index in [1.807, 2.05) is 0 Å². The molecular formula is C21H17F3N2O3S2. The number of phenols is 1. The Labute approximate surface area is 185 Å². The van der Waals surface area contributed by atoms with Crippen molar-refractivity contribution in [2.75, 3.05) is 11.9 Å². The van der Waals surface area contributed by atoms with Crippen LogP contribution in [0.5, 0.6) is 5.75 Å². The molecule has 0 saturated carbocycles. The van der Waals surface area contributed by atoms with Gasteiger partial charge in [-0.05, 0) is 48.4 Å². The highest BCUT2D eigenvalue weighted by atomic mass is 32.2. The lowest BCUT2D eigenvalue weighted by Gasteiger charge is -2.14. The molecule has 1 aliphatic rings. The van der Waals surface area contributed by atoms with Gasteiger partial charge in [0.25, 0.3) is 5.91 Å². The van der Waals surface area contributed by atoms with Crippen molar-refractivity contribution in [1.82, 2.24) is 4.90 Å². The molecule has 162 valence electrons. The third-order valence-electron chi connectivity index (χ3n) is 4.30. The molecule has 2 N–H and O–H groups in total. The second-order valence-electron chi connectivity index (χ2n) is 6.66. The first-order valence-corrected chi connectivity index (χ1v) is 10.4. The van der Waals surface area contributed by atoms with E-state index in [1.54, 1.807) is 18.2 Å². The van der Waals surface area contributed by atoms with Crippen molar-refractivity contribution in [1.29, 1.82) is 0 Å². The number of amides is 2. The molecule has 0 atom stereocenters. The molecule has 1 heterocycles. The average Bonchev–Trinajstić information content (AvgIpc) is 2.95. The molecule has 0 aromatic heterocycles. The van der Waals surface area contributed by atoms with Crippen molar-refractivity contribution >= 4 is 51.9 Å². The fourth-order valence-electron chi connectivity index (χ4n) is 2.85. The van der Waals surface area contributed by atoms with Crippen LogP contribution in [-0.2, 0) is 15.8 Å². The molecule has 0 unspecified atom stereocenters. The van der Waals surface area contributed by atoms with Crippen molar-refractivity contribution < 1.29 is 27.9 Å². The topological polar surface area (TPSA) is 69.6 Å². The molecule has 2 aromatic carbocycles. The first kappa shape index (κ1) is 22.8. The van der Waals surface area contributed by atoms with Gasteiger partial charge in [0.05, 0.1) is 10.5 Å². The van der Waals surface area contributed by atoms with Gasteiger partial charge in [0.15, 0.2) is 0 Å². The van der Waals surface area contributed by atoms with Crippen LogP contribution in [0.1, 0.15) is 24.0 Å². The number of anilines is 1. The smallest absolute Gasteiger partial charge is 0.416 e. The SMILES string of the molecule is O=C(CCCN1C(=O)/C(=C/c2cccc(O)c2)SC1=S)Nc1cccc(C(F)(F)F)c1. The number of hydrogen-bond donors (Lipinski definition) is 2. The lowest BCUT2D eigenvalue weighted by Crippen LogP contribution is -2.29. The zero-order valence-electron chi connectivity index (χ0n) is 16.0. The number of nitrogens with zero attached hydrogens (tertiary/aromatic N) is 1. The predicted octanol–water partition coefficient (Wildman–Crippen LogP) is 5.03. The Kier molecular flexibility index (Phi) is 7.01. The van der Waals surface area contributed by atoms with Crippen LogP contribution < -0.4 is 5.32 Å². The summed E-state index contributed by atoms with van der Waals surface area (Å²) in [7, 11) is 0. The number of carbonyl (C=O) groups is 2. The van der Waals surface area contributed by atoms with Crippen LogP contribution >= 0.6 is 24.0 Å². The largest absolute Gasteiger partial charge is 0.508 e. The minimum Gasteiger partial charge on any atom is -0.508 e. The number of halogens is 3. The van der Waals surface area contributed by atoms with Crippen LogP contribution in [0, 0.1) is 0 Å². The highest BCUT2D eigenvalue weighted by Crippen LogP contribution is 2.33. The number of carbonyl (C=O) groups excluding carboxylic acids is 2. The van der Waals surface area contributed by atoms with Crippen LogP contribution in [0.15, 0.2) is 53.4 Å². The van der Waals surface area contributed by atoms with Crippen LogP contribution in [0.3, 0.4) is 0 Å². The molecule has 0 spiro atoms. The number of benzene rings is 2. The lowest BCUT2D eigenvalue weighted by atomic mass is 10.2. The Hall–Kier alpha value is -2.85. The van der Waals surface area contributed by atoms with Gasteiger partial charge in [-0.1, -0.05) is 42.2 Å². The summed E-state index contributed by atoms with van der Waals surface area (Å²) < 4.78 is 38.6. The van der Waals surface area contributed by atoms with E-state index in [0.29, 0.717) is 14.8 Å². The number of phenolic OH excluding ortho intramolecular Hbond substituents is 1. The Morgan fingerprint density at radius 3 is 2.65 bits per heavy atom. The number of hydrogen-bond acceptors (Lipinski definition) is 5. The number of aromatic hydroxyl groups is 1. The van der Waals surface area contributed by atoms with E-state index in [2.05, 4.69) is 5.32 Å². The second kappa shape index (κ2) is 9.52. The molecule has 3 rings (SSSR count). The average molecular weight is 467 g/mol. The van der Waals surface area contributed by atoms with E-state index in [0.717, 1.165) is 23.9 Å². The maximum Gasteiger partial charge on any atom is 0.416 e. The van der Waals surface area contributed by atoms with Gasteiger partial charge >= 0.3 is 6.18 Å². The maximum absolute atomic E-state index is 12.8. The maximum atomic E-state index is 12.8. The van der Waals surface area contributed by atoms with Gasteiger partial charge in [-0.2, -0.15) is 13.2 Å². The minimum atomic E-state index is -4.49. The molecular weight excluding hydrogens is 449 g/mol. The fourth-order valence-corrected chi connectivity index (χ4v) is 4.16. The molecule has 2 amide bonds. The van der Waals surface area contributed by atoms with Crippen molar-refractivity contribution in [2.24, 2.45) is 0 Å². The molecule has 1 aliphatic heterocycles. The highest BCUT2D eigenvalue weighted by molar-refractivity contribution is 8.26. The Balaban J connectivity index is 1.54. The number of nitrogens with one attached hydrogen (secondary N) is 1. The third kappa shape index (κ3) is 6.08. The molecule has 1 saturated heterocycles. The van der Waals surface area contributed by atoms with Gasteiger partial charge in [-0.25, -0.2) is 0 Å². The third-order valence-corrected chi connectivity index (χ3v) is 5.68. The molecule has 2 aromatic rings. The van der Waals surface area contributed by atoms with Gasteiger partial charge in [0.1, 0.15) is 10.1 Å². The van der Waals surface area contributed by atoms with Crippen molar-refractivity contribution in [3.63, 3.8) is 0 Å². The monoisotopic (exact) mass is 466 g/mol. The highest BCUT2D eigenvalue weighted by Gasteiger charge is 2.32. The van der Waals surface area contributed by atoms with Gasteiger partial charge in [-0.15, -0.1) is 0 Å². The summed E-state index contributed by atoms with van der Waals surface area (Å²) >= 11 is 6.37. The summed E-state index contributed by atoms with van der Waals surface area (Å²) in [6.07, 6.45) is -2.57. The summed E-state index contributed by atoms with van der Waals surface area (Å²) in [5.74, 6) is -0.673. The fraction of sp³-hybridized carbons (Fsp3) is 0.190. The van der Waals surface area contributed by atoms with Crippen LogP contribution in [-0.4, -0.2) is 32.7 Å². The zero-order chi connectivity index (χ0) is 22.6. The van der Waals surface area contributed by atoms with Crippen LogP contribution in [0.25, 0.3) is 6.08 Å². The summed E-state index contributed by atoms with van der Waals surface area (Å²) in [4.78, 5) is 26.4. The van der Waals surface area contributed by atoms with Gasteiger partial charge in [0.2, 0.25) is 5.91 Å². The van der Waals surface area contributed by atoms with E-state index >= 15 is 0 Å². The Bertz CT molecular complexity index is 1050. The van der Waals surface area contributed by atoms with Crippen molar-refractivity contribution in [3.8, 4) is 5.75 Å². The van der Waals surface area contributed by atoms with E-state index < -0.39 is 17.6 Å². The predicted molar refractivity (Wildman–Crippen MR) is 117 cm³/mol. The summed E-state index contributed by atoms with van der Waals surface area (Å²) in [5.41, 5.74) is -0.137. The van der Waals surface area contributed by atoms with Crippen molar-refractivity contribution in [2.45, 2.75) is 19.0 Å². The number of thioether (sulfide) groups is 1. The quantitative estimate of drug-likeness (QED) is 0.462. The van der Waals surface area contributed by atoms with Crippen LogP contribution in [0.4, 0.5) is 18.9 Å². The molecule has 0 aliphatic carbocycles. The standard InChI is InChI=1S/C21H17F3N2O3S2/c22-21(23,24)14-5-2-6-15(12-14)25-18(28)8-3-9-26-19(29)17(31-20(26)30)11-13-4-1-7-16(27)10-13/h1-2,4-7,10-12,27H,3,8-9H2,(H,25,28)/b17-11-. The van der Waals surface area contributed by atoms with E-state index in [1.165, 1.54) is 29.2 Å². The zero-order valence-corrected chi connectivity index (χ0v) is 17.6. The number of alkyl halides is 3. The Morgan fingerprint density at radius 1 is 1.19 bits per heavy atom. The second-order valence-corrected chi connectivity index (χ2v) is 8.33. The summed E-state index contributed by atoms with van der Waals surface area (Å²) in [6.45, 7) is 0.206. The van der Waals surface area contributed by atoms with Gasteiger partial charge < -0.3 is 10.4 Å². The number of rotatable bonds is 6. The van der Waals surface area contributed by atoms with E-state index in [9.17, 15) is 27.9 Å². The summed E-state index contributed by atoms with van der Waals surface area (Å²) in [6, 6.07) is 10.8. The van der Waals surface area contributed by atoms with E-state index in [4.69, 9.17) is 12.2 Å². The lowest BCUT2D eigenvalue weighted by molar-refractivity contribution is -0.137. The molecule has 5 nitrogen and oxygen atoms in total. The molecule has 0 bridgehead atoms. The first-order chi connectivity index (χ1) is 14.6. The number of thiocarbonyl (C=S) groups is 1. The van der Waals surface area contributed by atoms with E-state index in [-0.39, 0.29) is 36.7 Å². The van der Waals surface area contributed by atoms with Gasteiger partial charge in [0, 0.05) is 18.7 Å². The first-order valence-electron chi connectivity index (χ1n) is 9.15. The molecule has 10 heteroatoms. The Morgan fingerprint density at radius 2 is 1.94 bits per heavy atom. The normalized spacial score (nSPS) is 15.6. The van der Waals surface area contributed by atoms with Crippen molar-refractivity contribution in [3.05, 3.63) is 64.6 Å². The van der Waals surface area contributed by atoms with Gasteiger partial charge in [-0.3, -0.25) is 14.5 Å². The van der Waals surface area contributed by atoms with Crippen LogP contribution in [0.2, 0.25) is 0 Å². The molecule has 31 heavy (non-hydrogen) atoms.